The lowest BCUT2D eigenvalue weighted by Crippen LogP contribution is -2.50. The second kappa shape index (κ2) is 9.47. The fourth-order valence-corrected chi connectivity index (χ4v) is 5.79. The van der Waals surface area contributed by atoms with Crippen molar-refractivity contribution in [2.24, 2.45) is 14.1 Å². The van der Waals surface area contributed by atoms with Gasteiger partial charge in [-0.2, -0.15) is 9.57 Å². The molecule has 13 heteroatoms. The number of imidazole rings is 1. The average molecular weight is 500 g/mol. The number of sulfonamides is 1. The summed E-state index contributed by atoms with van der Waals surface area (Å²) in [5, 5.41) is 9.23. The molecule has 1 amide bonds. The minimum Gasteiger partial charge on any atom is -0.340 e. The Morgan fingerprint density at radius 1 is 1.09 bits per heavy atom. The number of nitrogens with zero attached hydrogens (tertiary/aromatic N) is 7. The van der Waals surface area contributed by atoms with Crippen LogP contribution in [0.15, 0.2) is 45.1 Å². The van der Waals surface area contributed by atoms with E-state index in [1.165, 1.54) is 34.4 Å². The Labute approximate surface area is 201 Å². The summed E-state index contributed by atoms with van der Waals surface area (Å²) in [5.74, 6) is -0.107. The summed E-state index contributed by atoms with van der Waals surface area (Å²) in [5.41, 5.74) is -0.214. The van der Waals surface area contributed by atoms with Gasteiger partial charge in [0, 0.05) is 53.2 Å². The molecule has 1 aromatic carbocycles. The first-order chi connectivity index (χ1) is 16.7. The predicted molar refractivity (Wildman–Crippen MR) is 126 cm³/mol. The molecule has 184 valence electrons. The summed E-state index contributed by atoms with van der Waals surface area (Å²) < 4.78 is 31.2. The van der Waals surface area contributed by atoms with E-state index >= 15 is 0 Å². The van der Waals surface area contributed by atoms with Gasteiger partial charge in [0.05, 0.1) is 16.8 Å². The van der Waals surface area contributed by atoms with E-state index in [9.17, 15) is 28.1 Å². The molecule has 4 rings (SSSR count). The van der Waals surface area contributed by atoms with E-state index in [2.05, 4.69) is 4.98 Å². The number of benzene rings is 1. The van der Waals surface area contributed by atoms with Crippen LogP contribution in [0.1, 0.15) is 18.4 Å². The topological polar surface area (TPSA) is 143 Å². The van der Waals surface area contributed by atoms with Gasteiger partial charge in [-0.1, -0.05) is 12.1 Å². The zero-order valence-corrected chi connectivity index (χ0v) is 20.2. The first-order valence-corrected chi connectivity index (χ1v) is 12.5. The van der Waals surface area contributed by atoms with Gasteiger partial charge >= 0.3 is 5.69 Å². The van der Waals surface area contributed by atoms with Crippen LogP contribution in [-0.4, -0.2) is 68.4 Å². The third-order valence-corrected chi connectivity index (χ3v) is 8.18. The highest BCUT2D eigenvalue weighted by atomic mass is 32.2. The van der Waals surface area contributed by atoms with Crippen molar-refractivity contribution >= 4 is 27.1 Å². The number of nitriles is 1. The number of aromatic nitrogens is 4. The lowest BCUT2D eigenvalue weighted by molar-refractivity contribution is -0.132. The molecule has 0 radical (unpaired) electrons. The number of piperazine rings is 1. The smallest absolute Gasteiger partial charge is 0.332 e. The van der Waals surface area contributed by atoms with Crippen LogP contribution in [0.4, 0.5) is 0 Å². The number of carbonyl (C=O) groups is 1. The van der Waals surface area contributed by atoms with Crippen LogP contribution in [0.25, 0.3) is 11.2 Å². The van der Waals surface area contributed by atoms with Gasteiger partial charge in [0.1, 0.15) is 6.07 Å². The van der Waals surface area contributed by atoms with Crippen molar-refractivity contribution in [1.29, 1.82) is 5.26 Å². The average Bonchev–Trinajstić information content (AvgIpc) is 3.30. The van der Waals surface area contributed by atoms with Crippen LogP contribution in [0.2, 0.25) is 0 Å². The predicted octanol–water partition coefficient (Wildman–Crippen LogP) is -0.381. The van der Waals surface area contributed by atoms with Crippen molar-refractivity contribution < 1.29 is 13.2 Å². The van der Waals surface area contributed by atoms with Crippen molar-refractivity contribution in [1.82, 2.24) is 27.9 Å². The van der Waals surface area contributed by atoms with E-state index in [0.717, 1.165) is 4.57 Å². The molecule has 0 spiro atoms. The van der Waals surface area contributed by atoms with E-state index in [-0.39, 0.29) is 49.0 Å². The molecule has 0 atom stereocenters. The molecule has 0 saturated carbocycles. The van der Waals surface area contributed by atoms with Gasteiger partial charge in [0.2, 0.25) is 15.9 Å². The van der Waals surface area contributed by atoms with Crippen molar-refractivity contribution in [3.63, 3.8) is 0 Å². The Morgan fingerprint density at radius 3 is 2.46 bits per heavy atom. The van der Waals surface area contributed by atoms with Gasteiger partial charge in [0.15, 0.2) is 11.2 Å². The number of carbonyl (C=O) groups excluding carboxylic acids is 1. The van der Waals surface area contributed by atoms with Crippen LogP contribution >= 0.6 is 0 Å². The maximum atomic E-state index is 13.0. The van der Waals surface area contributed by atoms with Crippen molar-refractivity contribution in [2.75, 3.05) is 26.2 Å². The van der Waals surface area contributed by atoms with E-state index in [1.807, 2.05) is 6.07 Å². The van der Waals surface area contributed by atoms with Crippen molar-refractivity contribution in [2.45, 2.75) is 24.3 Å². The summed E-state index contributed by atoms with van der Waals surface area (Å²) in [6.45, 7) is 1.16. The third-order valence-electron chi connectivity index (χ3n) is 6.22. The number of hydrogen-bond acceptors (Lipinski definition) is 7. The minimum absolute atomic E-state index is 0.0292. The molecule has 0 aliphatic carbocycles. The lowest BCUT2D eigenvalue weighted by atomic mass is 10.2. The Balaban J connectivity index is 1.36. The largest absolute Gasteiger partial charge is 0.340 e. The Bertz CT molecular complexity index is 1550. The van der Waals surface area contributed by atoms with Crippen molar-refractivity contribution in [3.8, 4) is 6.07 Å². The summed E-state index contributed by atoms with van der Waals surface area (Å²) in [6.07, 6.45) is 2.15. The van der Waals surface area contributed by atoms with Crippen LogP contribution in [-0.2, 0) is 35.5 Å². The van der Waals surface area contributed by atoms with Gasteiger partial charge in [-0.15, -0.1) is 0 Å². The Morgan fingerprint density at radius 2 is 1.77 bits per heavy atom. The fourth-order valence-electron chi connectivity index (χ4n) is 4.23. The highest BCUT2D eigenvalue weighted by Gasteiger charge is 2.31. The monoisotopic (exact) mass is 499 g/mol. The van der Waals surface area contributed by atoms with Crippen LogP contribution < -0.4 is 11.2 Å². The van der Waals surface area contributed by atoms with Gasteiger partial charge in [-0.25, -0.2) is 18.2 Å². The highest BCUT2D eigenvalue weighted by Crippen LogP contribution is 2.21. The molecular weight excluding hydrogens is 474 g/mol. The van der Waals surface area contributed by atoms with Gasteiger partial charge in [-0.05, 0) is 18.6 Å². The zero-order valence-electron chi connectivity index (χ0n) is 19.4. The first kappa shape index (κ1) is 24.4. The van der Waals surface area contributed by atoms with E-state index in [0.29, 0.717) is 24.1 Å². The molecule has 1 aliphatic heterocycles. The lowest BCUT2D eigenvalue weighted by Gasteiger charge is -2.34. The first-order valence-electron chi connectivity index (χ1n) is 11.0. The van der Waals surface area contributed by atoms with Gasteiger partial charge in [0.25, 0.3) is 5.56 Å². The van der Waals surface area contributed by atoms with Gasteiger partial charge < -0.3 is 9.47 Å². The molecule has 0 bridgehead atoms. The molecule has 35 heavy (non-hydrogen) atoms. The minimum atomic E-state index is -3.83. The molecule has 3 heterocycles. The highest BCUT2D eigenvalue weighted by molar-refractivity contribution is 7.89. The van der Waals surface area contributed by atoms with E-state index in [4.69, 9.17) is 0 Å². The molecule has 1 fully saturated rings. The fraction of sp³-hybridized carbons (Fsp3) is 0.409. The summed E-state index contributed by atoms with van der Waals surface area (Å²) in [7, 11) is -0.877. The van der Waals surface area contributed by atoms with Crippen LogP contribution in [0.5, 0.6) is 0 Å². The summed E-state index contributed by atoms with van der Waals surface area (Å²) in [6, 6.07) is 7.97. The van der Waals surface area contributed by atoms with E-state index < -0.39 is 21.3 Å². The number of amides is 1. The number of rotatable bonds is 6. The second-order valence-corrected chi connectivity index (χ2v) is 10.2. The molecule has 1 aliphatic rings. The Kier molecular flexibility index (Phi) is 6.60. The molecule has 2 aromatic heterocycles. The van der Waals surface area contributed by atoms with Crippen LogP contribution in [0.3, 0.4) is 0 Å². The number of hydrogen-bond donors (Lipinski definition) is 0. The molecule has 12 nitrogen and oxygen atoms in total. The SMILES string of the molecule is Cn1c(=O)c2c(ncn2CCCC(=O)N2CCN(S(=O)(=O)c3ccccc3C#N)CC2)n(C)c1=O. The summed E-state index contributed by atoms with van der Waals surface area (Å²) >= 11 is 0. The molecule has 0 N–H and O–H groups in total. The Hall–Kier alpha value is -3.76. The molecule has 3 aromatic rings. The summed E-state index contributed by atoms with van der Waals surface area (Å²) in [4.78, 5) is 43.1. The standard InChI is InChI=1S/C22H25N7O5S/c1-25-20-19(21(31)26(2)22(25)32)28(15-24-20)9-5-8-18(30)27-10-12-29(13-11-27)35(33,34)17-7-4-3-6-16(17)14-23/h3-4,6-7,15H,5,8-13H2,1-2H3. The van der Waals surface area contributed by atoms with Crippen molar-refractivity contribution in [3.05, 3.63) is 57.0 Å². The normalized spacial score (nSPS) is 14.8. The van der Waals surface area contributed by atoms with Gasteiger partial charge in [-0.3, -0.25) is 18.7 Å². The molecular formula is C22H25N7O5S. The second-order valence-electron chi connectivity index (χ2n) is 8.31. The van der Waals surface area contributed by atoms with Crippen LogP contribution in [0, 0.1) is 11.3 Å². The molecule has 1 saturated heterocycles. The number of aryl methyl sites for hydroxylation is 2. The molecule has 0 unspecified atom stereocenters. The van der Waals surface area contributed by atoms with E-state index in [1.54, 1.807) is 28.6 Å². The number of fused-ring (bicyclic) bond motifs is 1. The third kappa shape index (κ3) is 4.38. The maximum absolute atomic E-state index is 13.0. The maximum Gasteiger partial charge on any atom is 0.332 e. The quantitative estimate of drug-likeness (QED) is 0.450. The zero-order chi connectivity index (χ0) is 25.3.